The second kappa shape index (κ2) is 3.87. The maximum absolute atomic E-state index is 11.3. The van der Waals surface area contributed by atoms with Crippen LogP contribution in [0.5, 0.6) is 0 Å². The standard InChI is InChI=1S/C9H9N5O/c1-10-9(15)7-2-4-8(5-3-7)14-6-11-12-13-14/h2-6H,1H3,(H,10,15). The highest BCUT2D eigenvalue weighted by Gasteiger charge is 2.03. The summed E-state index contributed by atoms with van der Waals surface area (Å²) in [4.78, 5) is 11.3. The Morgan fingerprint density at radius 3 is 2.60 bits per heavy atom. The molecule has 1 aromatic heterocycles. The van der Waals surface area contributed by atoms with Gasteiger partial charge in [-0.3, -0.25) is 4.79 Å². The maximum atomic E-state index is 11.3. The number of amides is 1. The number of rotatable bonds is 2. The molecule has 15 heavy (non-hydrogen) atoms. The van der Waals surface area contributed by atoms with Gasteiger partial charge in [-0.15, -0.1) is 5.10 Å². The number of nitrogens with zero attached hydrogens (tertiary/aromatic N) is 4. The largest absolute Gasteiger partial charge is 0.355 e. The van der Waals surface area contributed by atoms with Crippen molar-refractivity contribution >= 4 is 5.91 Å². The van der Waals surface area contributed by atoms with E-state index in [2.05, 4.69) is 20.8 Å². The molecule has 0 bridgehead atoms. The van der Waals surface area contributed by atoms with Crippen LogP contribution in [0.2, 0.25) is 0 Å². The van der Waals surface area contributed by atoms with Gasteiger partial charge in [-0.2, -0.15) is 0 Å². The molecule has 1 N–H and O–H groups in total. The lowest BCUT2D eigenvalue weighted by molar-refractivity contribution is 0.0963. The molecule has 2 rings (SSSR count). The third-order valence-electron chi connectivity index (χ3n) is 1.97. The number of nitrogens with one attached hydrogen (secondary N) is 1. The van der Waals surface area contributed by atoms with Crippen LogP contribution in [0.15, 0.2) is 30.6 Å². The van der Waals surface area contributed by atoms with Gasteiger partial charge in [-0.25, -0.2) is 4.68 Å². The summed E-state index contributed by atoms with van der Waals surface area (Å²) in [6.07, 6.45) is 1.49. The highest BCUT2D eigenvalue weighted by atomic mass is 16.1. The van der Waals surface area contributed by atoms with Gasteiger partial charge in [0.1, 0.15) is 6.33 Å². The Kier molecular flexibility index (Phi) is 2.40. The molecule has 0 atom stereocenters. The van der Waals surface area contributed by atoms with Gasteiger partial charge in [0.2, 0.25) is 0 Å². The first-order valence-electron chi connectivity index (χ1n) is 4.37. The van der Waals surface area contributed by atoms with E-state index in [1.807, 2.05) is 0 Å². The molecule has 0 aliphatic carbocycles. The summed E-state index contributed by atoms with van der Waals surface area (Å²) in [5.41, 5.74) is 1.42. The first-order valence-corrected chi connectivity index (χ1v) is 4.37. The number of aromatic nitrogens is 4. The lowest BCUT2D eigenvalue weighted by Gasteiger charge is -2.01. The predicted molar refractivity (Wildman–Crippen MR) is 52.5 cm³/mol. The van der Waals surface area contributed by atoms with Crippen molar-refractivity contribution in [2.45, 2.75) is 0 Å². The van der Waals surface area contributed by atoms with E-state index in [4.69, 9.17) is 0 Å². The van der Waals surface area contributed by atoms with E-state index in [0.717, 1.165) is 5.69 Å². The second-order valence-corrected chi connectivity index (χ2v) is 2.88. The fourth-order valence-electron chi connectivity index (χ4n) is 1.19. The molecule has 0 saturated heterocycles. The molecule has 1 amide bonds. The van der Waals surface area contributed by atoms with Gasteiger partial charge in [-0.1, -0.05) is 0 Å². The Balaban J connectivity index is 2.29. The zero-order valence-corrected chi connectivity index (χ0v) is 8.08. The van der Waals surface area contributed by atoms with Crippen LogP contribution in [0, 0.1) is 0 Å². The van der Waals surface area contributed by atoms with Crippen molar-refractivity contribution in [1.29, 1.82) is 0 Å². The van der Waals surface area contributed by atoms with E-state index < -0.39 is 0 Å². The number of benzene rings is 1. The minimum Gasteiger partial charge on any atom is -0.355 e. The molecule has 0 spiro atoms. The Labute approximate surface area is 85.9 Å². The molecule has 0 unspecified atom stereocenters. The van der Waals surface area contributed by atoms with Gasteiger partial charge >= 0.3 is 0 Å². The average molecular weight is 203 g/mol. The Bertz CT molecular complexity index is 448. The lowest BCUT2D eigenvalue weighted by Crippen LogP contribution is -2.17. The smallest absolute Gasteiger partial charge is 0.251 e. The number of carbonyl (C=O) groups excluding carboxylic acids is 1. The fourth-order valence-corrected chi connectivity index (χ4v) is 1.19. The van der Waals surface area contributed by atoms with Gasteiger partial charge in [0.15, 0.2) is 0 Å². The summed E-state index contributed by atoms with van der Waals surface area (Å²) >= 11 is 0. The SMILES string of the molecule is CNC(=O)c1ccc(-n2cnnn2)cc1. The van der Waals surface area contributed by atoms with E-state index in [1.54, 1.807) is 31.3 Å². The molecule has 0 fully saturated rings. The Morgan fingerprint density at radius 1 is 1.33 bits per heavy atom. The summed E-state index contributed by atoms with van der Waals surface area (Å²) in [5.74, 6) is -0.113. The van der Waals surface area contributed by atoms with E-state index >= 15 is 0 Å². The summed E-state index contributed by atoms with van der Waals surface area (Å²) < 4.78 is 1.52. The van der Waals surface area contributed by atoms with Crippen LogP contribution in [0.1, 0.15) is 10.4 Å². The van der Waals surface area contributed by atoms with Crippen molar-refractivity contribution in [1.82, 2.24) is 25.5 Å². The van der Waals surface area contributed by atoms with Crippen molar-refractivity contribution in [3.8, 4) is 5.69 Å². The first-order chi connectivity index (χ1) is 7.31. The molecule has 6 heteroatoms. The molecule has 6 nitrogen and oxygen atoms in total. The monoisotopic (exact) mass is 203 g/mol. The molecular weight excluding hydrogens is 194 g/mol. The zero-order valence-electron chi connectivity index (χ0n) is 8.08. The van der Waals surface area contributed by atoms with Crippen LogP contribution in [-0.2, 0) is 0 Å². The van der Waals surface area contributed by atoms with Crippen molar-refractivity contribution < 1.29 is 4.79 Å². The van der Waals surface area contributed by atoms with Crippen LogP contribution in [0.4, 0.5) is 0 Å². The van der Waals surface area contributed by atoms with Crippen LogP contribution in [0.25, 0.3) is 5.69 Å². The normalized spacial score (nSPS) is 9.93. The number of hydrogen-bond donors (Lipinski definition) is 1. The van der Waals surface area contributed by atoms with E-state index in [-0.39, 0.29) is 5.91 Å². The minimum atomic E-state index is -0.113. The minimum absolute atomic E-state index is 0.113. The van der Waals surface area contributed by atoms with Crippen molar-refractivity contribution in [3.05, 3.63) is 36.2 Å². The molecule has 1 aromatic carbocycles. The molecular formula is C9H9N5O. The molecule has 0 aliphatic heterocycles. The fraction of sp³-hybridized carbons (Fsp3) is 0.111. The summed E-state index contributed by atoms with van der Waals surface area (Å²) in [6.45, 7) is 0. The number of tetrazole rings is 1. The first kappa shape index (κ1) is 9.32. The van der Waals surface area contributed by atoms with Crippen LogP contribution < -0.4 is 5.32 Å². The zero-order chi connectivity index (χ0) is 10.7. The molecule has 0 saturated carbocycles. The van der Waals surface area contributed by atoms with Crippen LogP contribution >= 0.6 is 0 Å². The van der Waals surface area contributed by atoms with E-state index in [0.29, 0.717) is 5.56 Å². The molecule has 0 aliphatic rings. The lowest BCUT2D eigenvalue weighted by atomic mass is 10.2. The molecule has 76 valence electrons. The Morgan fingerprint density at radius 2 is 2.07 bits per heavy atom. The van der Waals surface area contributed by atoms with Gasteiger partial charge in [-0.05, 0) is 34.7 Å². The van der Waals surface area contributed by atoms with Crippen molar-refractivity contribution in [3.63, 3.8) is 0 Å². The number of carbonyl (C=O) groups is 1. The van der Waals surface area contributed by atoms with E-state index in [9.17, 15) is 4.79 Å². The van der Waals surface area contributed by atoms with Gasteiger partial charge in [0.05, 0.1) is 5.69 Å². The summed E-state index contributed by atoms with van der Waals surface area (Å²) in [6, 6.07) is 6.99. The Hall–Kier alpha value is -2.24. The molecule has 0 radical (unpaired) electrons. The number of hydrogen-bond acceptors (Lipinski definition) is 4. The third-order valence-corrected chi connectivity index (χ3v) is 1.97. The van der Waals surface area contributed by atoms with Gasteiger partial charge in [0, 0.05) is 12.6 Å². The van der Waals surface area contributed by atoms with Gasteiger partial charge in [0.25, 0.3) is 5.91 Å². The predicted octanol–water partition coefficient (Wildman–Crippen LogP) is 0.0219. The highest BCUT2D eigenvalue weighted by Crippen LogP contribution is 2.07. The highest BCUT2D eigenvalue weighted by molar-refractivity contribution is 5.94. The quantitative estimate of drug-likeness (QED) is 0.746. The summed E-state index contributed by atoms with van der Waals surface area (Å²) in [7, 11) is 1.59. The summed E-state index contributed by atoms with van der Waals surface area (Å²) in [5, 5.41) is 13.3. The van der Waals surface area contributed by atoms with E-state index in [1.165, 1.54) is 11.0 Å². The maximum Gasteiger partial charge on any atom is 0.251 e. The van der Waals surface area contributed by atoms with Crippen LogP contribution in [-0.4, -0.2) is 33.2 Å². The molecule has 1 heterocycles. The topological polar surface area (TPSA) is 72.7 Å². The average Bonchev–Trinajstić information content (AvgIpc) is 2.82. The van der Waals surface area contributed by atoms with Crippen molar-refractivity contribution in [2.75, 3.05) is 7.05 Å². The second-order valence-electron chi connectivity index (χ2n) is 2.88. The van der Waals surface area contributed by atoms with Crippen LogP contribution in [0.3, 0.4) is 0 Å². The van der Waals surface area contributed by atoms with Gasteiger partial charge < -0.3 is 5.32 Å². The third kappa shape index (κ3) is 1.83. The van der Waals surface area contributed by atoms with Crippen molar-refractivity contribution in [2.24, 2.45) is 0 Å². The molecule has 2 aromatic rings.